The first-order chi connectivity index (χ1) is 9.80. The third-order valence-electron chi connectivity index (χ3n) is 2.66. The maximum atomic E-state index is 11.6. The van der Waals surface area contributed by atoms with Gasteiger partial charge in [-0.15, -0.1) is 0 Å². The molecule has 0 atom stereocenters. The molecule has 0 saturated carbocycles. The largest absolute Gasteiger partial charge is 0.444 e. The molecule has 0 saturated heterocycles. The Labute approximate surface area is 136 Å². The molecule has 1 rings (SSSR count). The topological polar surface area (TPSA) is 38.3 Å². The summed E-state index contributed by atoms with van der Waals surface area (Å²) in [4.78, 5) is 11.6. The van der Waals surface area contributed by atoms with Crippen molar-refractivity contribution in [2.24, 2.45) is 0 Å². The number of amides is 1. The third-order valence-corrected chi connectivity index (χ3v) is 3.22. The van der Waals surface area contributed by atoms with E-state index < -0.39 is 11.7 Å². The van der Waals surface area contributed by atoms with Crippen molar-refractivity contribution in [2.75, 3.05) is 6.54 Å². The average Bonchev–Trinajstić information content (AvgIpc) is 2.39. The highest BCUT2D eigenvalue weighted by atomic mass is 35.5. The highest BCUT2D eigenvalue weighted by Crippen LogP contribution is 2.14. The van der Waals surface area contributed by atoms with E-state index in [9.17, 15) is 4.79 Å². The minimum absolute atomic E-state index is 0.381. The molecule has 0 fully saturated rings. The smallest absolute Gasteiger partial charge is 0.407 e. The number of hydrogen-bond donors (Lipinski definition) is 1. The zero-order valence-corrected chi connectivity index (χ0v) is 14.1. The van der Waals surface area contributed by atoms with Crippen molar-refractivity contribution in [3.8, 4) is 0 Å². The van der Waals surface area contributed by atoms with Gasteiger partial charge in [0.25, 0.3) is 0 Å². The zero-order chi connectivity index (χ0) is 15.9. The van der Waals surface area contributed by atoms with Crippen LogP contribution in [0.1, 0.15) is 32.8 Å². The molecule has 0 aliphatic heterocycles. The van der Waals surface area contributed by atoms with Crippen molar-refractivity contribution in [1.29, 1.82) is 0 Å². The third kappa shape index (κ3) is 7.98. The molecule has 5 heteroatoms. The second kappa shape index (κ2) is 8.30. The molecule has 1 aromatic rings. The van der Waals surface area contributed by atoms with Crippen LogP contribution < -0.4 is 5.32 Å². The van der Waals surface area contributed by atoms with Gasteiger partial charge in [-0.2, -0.15) is 0 Å². The van der Waals surface area contributed by atoms with Gasteiger partial charge < -0.3 is 10.1 Å². The van der Waals surface area contributed by atoms with Gasteiger partial charge in [0.15, 0.2) is 0 Å². The Morgan fingerprint density at radius 3 is 2.43 bits per heavy atom. The Morgan fingerprint density at radius 1 is 1.29 bits per heavy atom. The number of rotatable bonds is 5. The van der Waals surface area contributed by atoms with Gasteiger partial charge in [0.2, 0.25) is 0 Å². The predicted molar refractivity (Wildman–Crippen MR) is 87.9 cm³/mol. The van der Waals surface area contributed by atoms with E-state index in [1.807, 2.05) is 45.0 Å². The van der Waals surface area contributed by atoms with Crippen molar-refractivity contribution in [1.82, 2.24) is 5.32 Å². The molecule has 3 nitrogen and oxygen atoms in total. The molecule has 0 aromatic heterocycles. The second-order valence-electron chi connectivity index (χ2n) is 5.75. The predicted octanol–water partition coefficient (Wildman–Crippen LogP) is 4.92. The molecule has 0 aliphatic carbocycles. The molecular formula is C16H21Cl2NO2. The lowest BCUT2D eigenvalue weighted by atomic mass is 10.1. The summed E-state index contributed by atoms with van der Waals surface area (Å²) >= 11 is 11.6. The second-order valence-corrected chi connectivity index (χ2v) is 6.40. The van der Waals surface area contributed by atoms with Crippen LogP contribution in [0, 0.1) is 0 Å². The van der Waals surface area contributed by atoms with Crippen LogP contribution in [-0.4, -0.2) is 18.2 Å². The van der Waals surface area contributed by atoms with Crippen LogP contribution in [0.2, 0.25) is 5.02 Å². The molecule has 0 radical (unpaired) electrons. The number of ether oxygens (including phenoxy) is 1. The Balaban J connectivity index is 2.39. The van der Waals surface area contributed by atoms with E-state index in [-0.39, 0.29) is 0 Å². The van der Waals surface area contributed by atoms with Crippen LogP contribution in [0.3, 0.4) is 0 Å². The first-order valence-corrected chi connectivity index (χ1v) is 7.61. The maximum absolute atomic E-state index is 11.6. The van der Waals surface area contributed by atoms with Crippen LogP contribution >= 0.6 is 23.2 Å². The zero-order valence-electron chi connectivity index (χ0n) is 12.6. The van der Waals surface area contributed by atoms with E-state index in [2.05, 4.69) is 5.32 Å². The number of hydrogen-bond acceptors (Lipinski definition) is 2. The van der Waals surface area contributed by atoms with Crippen LogP contribution in [0.25, 0.3) is 0 Å². The molecule has 116 valence electrons. The molecule has 21 heavy (non-hydrogen) atoms. The highest BCUT2D eigenvalue weighted by molar-refractivity contribution is 6.30. The van der Waals surface area contributed by atoms with Crippen molar-refractivity contribution in [3.05, 3.63) is 46.0 Å². The average molecular weight is 330 g/mol. The summed E-state index contributed by atoms with van der Waals surface area (Å²) in [6.45, 7) is 5.86. The Hall–Kier alpha value is -1.19. The molecule has 0 bridgehead atoms. The Bertz CT molecular complexity index is 490. The van der Waals surface area contributed by atoms with E-state index in [0.717, 1.165) is 23.4 Å². The van der Waals surface area contributed by atoms with Gasteiger partial charge in [-0.3, -0.25) is 0 Å². The summed E-state index contributed by atoms with van der Waals surface area (Å²) in [6.07, 6.45) is 1.16. The molecule has 0 heterocycles. The van der Waals surface area contributed by atoms with Crippen LogP contribution in [-0.2, 0) is 11.2 Å². The summed E-state index contributed by atoms with van der Waals surface area (Å²) in [7, 11) is 0. The molecule has 1 amide bonds. The monoisotopic (exact) mass is 329 g/mol. The lowest BCUT2D eigenvalue weighted by molar-refractivity contribution is 0.0532. The van der Waals surface area contributed by atoms with Crippen LogP contribution in [0.5, 0.6) is 0 Å². The first-order valence-electron chi connectivity index (χ1n) is 6.79. The fourth-order valence-corrected chi connectivity index (χ4v) is 1.95. The standard InChI is InChI=1S/C16H21Cl2NO2/c1-16(2,3)21-15(20)19-11-13(10-17)5-4-12-6-8-14(18)9-7-12/h6-10H,4-5,11H2,1-3H3,(H,19,20)/b13-10-. The number of carbonyl (C=O) groups excluding carboxylic acids is 1. The quantitative estimate of drug-likeness (QED) is 0.832. The number of halogens is 2. The van der Waals surface area contributed by atoms with Crippen LogP contribution in [0.15, 0.2) is 35.4 Å². The molecule has 1 N–H and O–H groups in total. The molecule has 0 unspecified atom stereocenters. The Kier molecular flexibility index (Phi) is 7.06. The minimum atomic E-state index is -0.502. The molecule has 0 spiro atoms. The van der Waals surface area contributed by atoms with Crippen molar-refractivity contribution < 1.29 is 9.53 Å². The summed E-state index contributed by atoms with van der Waals surface area (Å²) in [5.41, 5.74) is 3.12. The number of aryl methyl sites for hydroxylation is 1. The van der Waals surface area contributed by atoms with E-state index in [4.69, 9.17) is 27.9 Å². The minimum Gasteiger partial charge on any atom is -0.444 e. The van der Waals surface area contributed by atoms with Gasteiger partial charge in [-0.25, -0.2) is 4.79 Å². The summed E-state index contributed by atoms with van der Waals surface area (Å²) in [5, 5.41) is 3.42. The summed E-state index contributed by atoms with van der Waals surface area (Å²) in [6, 6.07) is 7.69. The maximum Gasteiger partial charge on any atom is 0.407 e. The van der Waals surface area contributed by atoms with Crippen molar-refractivity contribution in [2.45, 2.75) is 39.2 Å². The molecule has 1 aromatic carbocycles. The van der Waals surface area contributed by atoms with Gasteiger partial charge in [-0.1, -0.05) is 35.3 Å². The lowest BCUT2D eigenvalue weighted by Gasteiger charge is -2.20. The Morgan fingerprint density at radius 2 is 1.90 bits per heavy atom. The van der Waals surface area contributed by atoms with Gasteiger partial charge in [0.05, 0.1) is 0 Å². The fourth-order valence-electron chi connectivity index (χ4n) is 1.64. The number of nitrogens with one attached hydrogen (secondary N) is 1. The van der Waals surface area contributed by atoms with Gasteiger partial charge in [0.1, 0.15) is 5.60 Å². The van der Waals surface area contributed by atoms with E-state index >= 15 is 0 Å². The van der Waals surface area contributed by atoms with Gasteiger partial charge in [-0.05, 0) is 56.9 Å². The first kappa shape index (κ1) is 17.9. The number of alkyl carbamates (subject to hydrolysis) is 1. The fraction of sp³-hybridized carbons (Fsp3) is 0.438. The SMILES string of the molecule is CC(C)(C)OC(=O)NC/C(=C\Cl)CCc1ccc(Cl)cc1. The summed E-state index contributed by atoms with van der Waals surface area (Å²) in [5.74, 6) is 0. The van der Waals surface area contributed by atoms with Gasteiger partial charge in [0, 0.05) is 17.1 Å². The van der Waals surface area contributed by atoms with Crippen molar-refractivity contribution >= 4 is 29.3 Å². The van der Waals surface area contributed by atoms with Gasteiger partial charge >= 0.3 is 6.09 Å². The number of benzene rings is 1. The highest BCUT2D eigenvalue weighted by Gasteiger charge is 2.15. The number of carbonyl (C=O) groups is 1. The lowest BCUT2D eigenvalue weighted by Crippen LogP contribution is -2.33. The molecular weight excluding hydrogens is 309 g/mol. The normalized spacial score (nSPS) is 12.1. The van der Waals surface area contributed by atoms with E-state index in [1.54, 1.807) is 0 Å². The van der Waals surface area contributed by atoms with Crippen LogP contribution in [0.4, 0.5) is 4.79 Å². The van der Waals surface area contributed by atoms with E-state index in [0.29, 0.717) is 6.54 Å². The summed E-state index contributed by atoms with van der Waals surface area (Å²) < 4.78 is 5.17. The molecule has 0 aliphatic rings. The van der Waals surface area contributed by atoms with E-state index in [1.165, 1.54) is 11.1 Å². The van der Waals surface area contributed by atoms with Crippen molar-refractivity contribution in [3.63, 3.8) is 0 Å².